The Morgan fingerprint density at radius 2 is 1.79 bits per heavy atom. The number of likely N-dealkylation sites (N-methyl/N-ethyl adjacent to an activating group) is 1. The fourth-order valence-corrected chi connectivity index (χ4v) is 3.28. The lowest BCUT2D eigenvalue weighted by atomic mass is 10.1. The van der Waals surface area contributed by atoms with E-state index in [0.717, 1.165) is 25.2 Å². The van der Waals surface area contributed by atoms with Crippen LogP contribution in [0.1, 0.15) is 29.8 Å². The summed E-state index contributed by atoms with van der Waals surface area (Å²) < 4.78 is 17.2. The Morgan fingerprint density at radius 1 is 1.03 bits per heavy atom. The molecule has 0 atom stereocenters. The third kappa shape index (κ3) is 6.65. The highest BCUT2D eigenvalue weighted by atomic mass is 79.9. The molecule has 0 radical (unpaired) electrons. The first kappa shape index (κ1) is 23.0. The highest BCUT2D eigenvalue weighted by Crippen LogP contribution is 2.28. The topological polar surface area (TPSA) is 60.0 Å². The molecule has 0 aromatic heterocycles. The van der Waals surface area contributed by atoms with Gasteiger partial charge < -0.3 is 24.4 Å². The third-order valence-corrected chi connectivity index (χ3v) is 5.35. The average Bonchev–Trinajstić information content (AvgIpc) is 2.75. The summed E-state index contributed by atoms with van der Waals surface area (Å²) in [6, 6.07) is 11.0. The molecule has 0 unspecified atom stereocenters. The van der Waals surface area contributed by atoms with Crippen LogP contribution in [0.4, 0.5) is 0 Å². The Hall–Kier alpha value is -2.25. The van der Waals surface area contributed by atoms with E-state index in [-0.39, 0.29) is 5.91 Å². The molecular weight excluding hydrogens is 436 g/mol. The first-order valence-corrected chi connectivity index (χ1v) is 10.4. The molecule has 158 valence electrons. The Morgan fingerprint density at radius 3 is 2.45 bits per heavy atom. The summed E-state index contributed by atoms with van der Waals surface area (Å²) in [5.41, 5.74) is 1.44. The number of nitrogens with one attached hydrogen (secondary N) is 1. The van der Waals surface area contributed by atoms with Crippen LogP contribution in [-0.4, -0.2) is 51.3 Å². The SMILES string of the molecule is CCN(CC)CCOc1ccc(CNC(=O)c2cc(OC)ccc2Br)cc1OC. The van der Waals surface area contributed by atoms with Crippen molar-refractivity contribution in [1.82, 2.24) is 10.2 Å². The summed E-state index contributed by atoms with van der Waals surface area (Å²) in [4.78, 5) is 14.8. The van der Waals surface area contributed by atoms with Crippen molar-refractivity contribution < 1.29 is 19.0 Å². The molecule has 0 fully saturated rings. The van der Waals surface area contributed by atoms with Crippen molar-refractivity contribution in [3.63, 3.8) is 0 Å². The molecule has 0 heterocycles. The minimum Gasteiger partial charge on any atom is -0.497 e. The van der Waals surface area contributed by atoms with Crippen LogP contribution in [0.2, 0.25) is 0 Å². The van der Waals surface area contributed by atoms with Gasteiger partial charge in [-0.1, -0.05) is 19.9 Å². The van der Waals surface area contributed by atoms with Crippen molar-refractivity contribution in [2.24, 2.45) is 0 Å². The maximum Gasteiger partial charge on any atom is 0.252 e. The van der Waals surface area contributed by atoms with E-state index in [2.05, 4.69) is 40.0 Å². The standard InChI is InChI=1S/C22H29BrN2O4/c1-5-25(6-2)11-12-29-20-10-7-16(13-21(20)28-4)15-24-22(26)18-14-17(27-3)8-9-19(18)23/h7-10,13-14H,5-6,11-12,15H2,1-4H3,(H,24,26). The molecule has 2 aromatic rings. The molecule has 0 aliphatic rings. The first-order chi connectivity index (χ1) is 14.0. The van der Waals surface area contributed by atoms with Crippen LogP contribution in [-0.2, 0) is 6.54 Å². The van der Waals surface area contributed by atoms with Crippen LogP contribution in [0.25, 0.3) is 0 Å². The maximum absolute atomic E-state index is 12.5. The molecule has 29 heavy (non-hydrogen) atoms. The van der Waals surface area contributed by atoms with Crippen LogP contribution in [0.5, 0.6) is 17.2 Å². The van der Waals surface area contributed by atoms with Crippen LogP contribution >= 0.6 is 15.9 Å². The summed E-state index contributed by atoms with van der Waals surface area (Å²) in [6.07, 6.45) is 0. The Balaban J connectivity index is 1.98. The van der Waals surface area contributed by atoms with Crippen molar-refractivity contribution in [3.8, 4) is 17.2 Å². The predicted molar refractivity (Wildman–Crippen MR) is 118 cm³/mol. The molecule has 2 rings (SSSR count). The first-order valence-electron chi connectivity index (χ1n) is 9.66. The number of ether oxygens (including phenoxy) is 3. The summed E-state index contributed by atoms with van der Waals surface area (Å²) in [5, 5.41) is 2.92. The molecule has 0 saturated heterocycles. The van der Waals surface area contributed by atoms with E-state index in [1.54, 1.807) is 32.4 Å². The van der Waals surface area contributed by atoms with E-state index in [0.29, 0.717) is 40.4 Å². The lowest BCUT2D eigenvalue weighted by Gasteiger charge is -2.19. The molecule has 2 aromatic carbocycles. The highest BCUT2D eigenvalue weighted by Gasteiger charge is 2.12. The molecule has 0 bridgehead atoms. The van der Waals surface area contributed by atoms with Gasteiger partial charge in [-0.2, -0.15) is 0 Å². The molecular formula is C22H29BrN2O4. The molecule has 0 aliphatic heterocycles. The number of benzene rings is 2. The summed E-state index contributed by atoms with van der Waals surface area (Å²) in [7, 11) is 3.19. The van der Waals surface area contributed by atoms with Gasteiger partial charge in [-0.25, -0.2) is 0 Å². The van der Waals surface area contributed by atoms with Crippen LogP contribution < -0.4 is 19.5 Å². The zero-order valence-electron chi connectivity index (χ0n) is 17.5. The molecule has 0 aliphatic carbocycles. The van der Waals surface area contributed by atoms with E-state index in [1.807, 2.05) is 18.2 Å². The molecule has 6 nitrogen and oxygen atoms in total. The van der Waals surface area contributed by atoms with E-state index >= 15 is 0 Å². The van der Waals surface area contributed by atoms with Crippen molar-refractivity contribution in [1.29, 1.82) is 0 Å². The van der Waals surface area contributed by atoms with Gasteiger partial charge in [-0.15, -0.1) is 0 Å². The molecule has 1 N–H and O–H groups in total. The number of halogens is 1. The highest BCUT2D eigenvalue weighted by molar-refractivity contribution is 9.10. The van der Waals surface area contributed by atoms with E-state index in [9.17, 15) is 4.79 Å². The van der Waals surface area contributed by atoms with Gasteiger partial charge in [-0.05, 0) is 64.9 Å². The lowest BCUT2D eigenvalue weighted by Crippen LogP contribution is -2.28. The number of hydrogen-bond acceptors (Lipinski definition) is 5. The van der Waals surface area contributed by atoms with Gasteiger partial charge >= 0.3 is 0 Å². The fraction of sp³-hybridized carbons (Fsp3) is 0.409. The van der Waals surface area contributed by atoms with Gasteiger partial charge in [0, 0.05) is 17.6 Å². The number of amides is 1. The number of carbonyl (C=O) groups is 1. The van der Waals surface area contributed by atoms with Gasteiger partial charge in [-0.3, -0.25) is 4.79 Å². The number of hydrogen-bond donors (Lipinski definition) is 1. The zero-order chi connectivity index (χ0) is 21.2. The predicted octanol–water partition coefficient (Wildman–Crippen LogP) is 4.12. The summed E-state index contributed by atoms with van der Waals surface area (Å²) >= 11 is 3.41. The number of rotatable bonds is 11. The fourth-order valence-electron chi connectivity index (χ4n) is 2.85. The number of methoxy groups -OCH3 is 2. The Kier molecular flexibility index (Phi) is 9.28. The van der Waals surface area contributed by atoms with E-state index < -0.39 is 0 Å². The van der Waals surface area contributed by atoms with Crippen molar-refractivity contribution in [3.05, 3.63) is 52.0 Å². The van der Waals surface area contributed by atoms with Gasteiger partial charge in [0.25, 0.3) is 5.91 Å². The molecule has 0 saturated carbocycles. The van der Waals surface area contributed by atoms with Crippen LogP contribution in [0.3, 0.4) is 0 Å². The van der Waals surface area contributed by atoms with E-state index in [1.165, 1.54) is 0 Å². The van der Waals surface area contributed by atoms with E-state index in [4.69, 9.17) is 14.2 Å². The third-order valence-electron chi connectivity index (χ3n) is 4.66. The lowest BCUT2D eigenvalue weighted by molar-refractivity contribution is 0.0949. The van der Waals surface area contributed by atoms with Gasteiger partial charge in [0.15, 0.2) is 11.5 Å². The van der Waals surface area contributed by atoms with Gasteiger partial charge in [0.1, 0.15) is 12.4 Å². The normalized spacial score (nSPS) is 10.7. The number of carbonyl (C=O) groups excluding carboxylic acids is 1. The second kappa shape index (κ2) is 11.7. The molecule has 7 heteroatoms. The largest absolute Gasteiger partial charge is 0.497 e. The quantitative estimate of drug-likeness (QED) is 0.541. The maximum atomic E-state index is 12.5. The molecule has 0 spiro atoms. The zero-order valence-corrected chi connectivity index (χ0v) is 19.0. The average molecular weight is 465 g/mol. The smallest absolute Gasteiger partial charge is 0.252 e. The number of nitrogens with zero attached hydrogens (tertiary/aromatic N) is 1. The summed E-state index contributed by atoms with van der Waals surface area (Å²) in [6.45, 7) is 8.10. The minimum atomic E-state index is -0.186. The van der Waals surface area contributed by atoms with Crippen molar-refractivity contribution in [2.45, 2.75) is 20.4 Å². The molecule has 1 amide bonds. The van der Waals surface area contributed by atoms with Crippen molar-refractivity contribution >= 4 is 21.8 Å². The van der Waals surface area contributed by atoms with Gasteiger partial charge in [0.2, 0.25) is 0 Å². The van der Waals surface area contributed by atoms with Crippen molar-refractivity contribution in [2.75, 3.05) is 40.5 Å². The Labute approximate surface area is 181 Å². The van der Waals surface area contributed by atoms with Gasteiger partial charge in [0.05, 0.1) is 19.8 Å². The minimum absolute atomic E-state index is 0.186. The Bertz CT molecular complexity index is 809. The van der Waals surface area contributed by atoms with Crippen LogP contribution in [0.15, 0.2) is 40.9 Å². The summed E-state index contributed by atoms with van der Waals surface area (Å²) in [5.74, 6) is 1.80. The van der Waals surface area contributed by atoms with Crippen LogP contribution in [0, 0.1) is 0 Å². The second-order valence-electron chi connectivity index (χ2n) is 6.39. The second-order valence-corrected chi connectivity index (χ2v) is 7.24. The monoisotopic (exact) mass is 464 g/mol.